The lowest BCUT2D eigenvalue weighted by Gasteiger charge is -2.57. The molecule has 0 bridgehead atoms. The van der Waals surface area contributed by atoms with Crippen LogP contribution >= 0.6 is 0 Å². The number of carbonyl (C=O) groups is 3. The van der Waals surface area contributed by atoms with Crippen LogP contribution in [-0.2, 0) is 23.9 Å². The molecule has 0 aromatic heterocycles. The lowest BCUT2D eigenvalue weighted by Crippen LogP contribution is -2.51. The van der Waals surface area contributed by atoms with Gasteiger partial charge in [0.05, 0.1) is 7.11 Å². The number of ether oxygens (including phenoxy) is 2. The molecule has 6 atom stereocenters. The summed E-state index contributed by atoms with van der Waals surface area (Å²) in [6, 6.07) is 0. The van der Waals surface area contributed by atoms with Gasteiger partial charge in [-0.15, -0.1) is 0 Å². The van der Waals surface area contributed by atoms with Crippen LogP contribution in [0.25, 0.3) is 0 Å². The zero-order valence-corrected chi connectivity index (χ0v) is 18.4. The Morgan fingerprint density at radius 2 is 1.86 bits per heavy atom. The summed E-state index contributed by atoms with van der Waals surface area (Å²) in [5.74, 6) is 2.41. The molecule has 4 rings (SSSR count). The molecule has 0 saturated heterocycles. The maximum absolute atomic E-state index is 11.9. The smallest absolute Gasteiger partial charge is 0.305 e. The van der Waals surface area contributed by atoms with E-state index in [0.29, 0.717) is 30.5 Å². The van der Waals surface area contributed by atoms with Gasteiger partial charge in [0, 0.05) is 18.3 Å². The van der Waals surface area contributed by atoms with Crippen molar-refractivity contribution in [2.24, 2.45) is 28.6 Å². The Morgan fingerprint density at radius 1 is 1.14 bits per heavy atom. The molecule has 162 valence electrons. The summed E-state index contributed by atoms with van der Waals surface area (Å²) in [6.07, 6.45) is 11.3. The monoisotopic (exact) mass is 404 g/mol. The molecule has 3 fully saturated rings. The van der Waals surface area contributed by atoms with Crippen LogP contribution in [0.2, 0.25) is 0 Å². The number of hydrogen-bond donors (Lipinski definition) is 0. The summed E-state index contributed by atoms with van der Waals surface area (Å²) >= 11 is 0. The second-order valence-corrected chi connectivity index (χ2v) is 9.75. The van der Waals surface area contributed by atoms with Gasteiger partial charge in [0.2, 0.25) is 0 Å². The Morgan fingerprint density at radius 3 is 2.52 bits per heavy atom. The van der Waals surface area contributed by atoms with Crippen molar-refractivity contribution in [1.29, 1.82) is 0 Å². The van der Waals surface area contributed by atoms with E-state index in [1.165, 1.54) is 31.9 Å². The number of esters is 1. The summed E-state index contributed by atoms with van der Waals surface area (Å²) in [4.78, 5) is 32.7. The van der Waals surface area contributed by atoms with Crippen LogP contribution in [0.15, 0.2) is 11.6 Å². The molecule has 0 aromatic carbocycles. The second kappa shape index (κ2) is 8.61. The van der Waals surface area contributed by atoms with Gasteiger partial charge in [0.15, 0.2) is 5.78 Å². The van der Waals surface area contributed by atoms with Gasteiger partial charge in [-0.3, -0.25) is 14.4 Å². The number of hydrogen-bond acceptors (Lipinski definition) is 5. The number of methoxy groups -OCH3 is 1. The summed E-state index contributed by atoms with van der Waals surface area (Å²) in [5, 5.41) is 0. The molecule has 5 heteroatoms. The molecule has 3 saturated carbocycles. The molecule has 29 heavy (non-hydrogen) atoms. The number of fused-ring (bicyclic) bond motifs is 5. The van der Waals surface area contributed by atoms with Crippen molar-refractivity contribution in [3.05, 3.63) is 11.6 Å². The van der Waals surface area contributed by atoms with Crippen molar-refractivity contribution in [1.82, 2.24) is 0 Å². The summed E-state index contributed by atoms with van der Waals surface area (Å²) in [7, 11) is 1.31. The molecule has 0 amide bonds. The third-order valence-corrected chi connectivity index (χ3v) is 8.53. The maximum atomic E-state index is 11.9. The van der Waals surface area contributed by atoms with E-state index < -0.39 is 0 Å². The van der Waals surface area contributed by atoms with E-state index in [9.17, 15) is 9.59 Å². The molecular weight excluding hydrogens is 368 g/mol. The first-order valence-electron chi connectivity index (χ1n) is 11.2. The van der Waals surface area contributed by atoms with Gasteiger partial charge >= 0.3 is 5.97 Å². The topological polar surface area (TPSA) is 69.7 Å². The van der Waals surface area contributed by atoms with Crippen molar-refractivity contribution in [2.75, 3.05) is 7.11 Å². The maximum Gasteiger partial charge on any atom is 0.305 e. The molecule has 0 heterocycles. The molecule has 0 radical (unpaired) electrons. The van der Waals surface area contributed by atoms with Crippen LogP contribution in [0.3, 0.4) is 0 Å². The van der Waals surface area contributed by atoms with Gasteiger partial charge in [0.1, 0.15) is 6.10 Å². The molecule has 0 aliphatic heterocycles. The molecule has 5 nitrogen and oxygen atoms in total. The summed E-state index contributed by atoms with van der Waals surface area (Å²) < 4.78 is 9.72. The Balaban J connectivity index is 0.000000552. The third kappa shape index (κ3) is 3.89. The average Bonchev–Trinajstić information content (AvgIpc) is 3.05. The largest absolute Gasteiger partial charge is 0.471 e. The lowest BCUT2D eigenvalue weighted by molar-refractivity contribution is -0.159. The van der Waals surface area contributed by atoms with Gasteiger partial charge in [-0.05, 0) is 74.2 Å². The number of carbonyl (C=O) groups excluding carboxylic acids is 3. The minimum absolute atomic E-state index is 0.0411. The number of allylic oxidation sites excluding steroid dienone is 1. The normalized spacial score (nSPS) is 40.3. The van der Waals surface area contributed by atoms with E-state index in [1.54, 1.807) is 0 Å². The Bertz CT molecular complexity index is 683. The SMILES string of the molecule is CCC(=O)OC1CC[C@H]2C3CCC4=CC(=O)CCC4(C)C3CCC12C.COC=O. The quantitative estimate of drug-likeness (QED) is 0.507. The van der Waals surface area contributed by atoms with Crippen molar-refractivity contribution >= 4 is 18.2 Å². The Labute approximate surface area is 174 Å². The summed E-state index contributed by atoms with van der Waals surface area (Å²) in [6.45, 7) is 7.06. The van der Waals surface area contributed by atoms with E-state index in [-0.39, 0.29) is 22.9 Å². The van der Waals surface area contributed by atoms with Crippen LogP contribution in [0.5, 0.6) is 0 Å². The van der Waals surface area contributed by atoms with Crippen LogP contribution in [0.1, 0.15) is 78.6 Å². The first kappa shape index (κ1) is 22.0. The van der Waals surface area contributed by atoms with Crippen molar-refractivity contribution in [2.45, 2.75) is 84.7 Å². The van der Waals surface area contributed by atoms with Crippen molar-refractivity contribution in [3.63, 3.8) is 0 Å². The average molecular weight is 405 g/mol. The molecule has 0 aromatic rings. The molecule has 0 N–H and O–H groups in total. The predicted molar refractivity (Wildman–Crippen MR) is 110 cm³/mol. The highest BCUT2D eigenvalue weighted by atomic mass is 16.5. The Hall–Kier alpha value is -1.65. The van der Waals surface area contributed by atoms with Crippen LogP contribution in [0.4, 0.5) is 0 Å². The van der Waals surface area contributed by atoms with Crippen LogP contribution in [0, 0.1) is 28.6 Å². The fraction of sp³-hybridized carbons (Fsp3) is 0.792. The lowest BCUT2D eigenvalue weighted by atomic mass is 9.47. The van der Waals surface area contributed by atoms with Gasteiger partial charge in [-0.1, -0.05) is 26.3 Å². The minimum Gasteiger partial charge on any atom is -0.471 e. The van der Waals surface area contributed by atoms with Gasteiger partial charge in [0.25, 0.3) is 6.47 Å². The first-order valence-corrected chi connectivity index (χ1v) is 11.2. The van der Waals surface area contributed by atoms with E-state index in [1.807, 2.05) is 13.0 Å². The molecule has 5 unspecified atom stereocenters. The molecular formula is C24H36O5. The molecule has 0 spiro atoms. The van der Waals surface area contributed by atoms with Gasteiger partial charge < -0.3 is 9.47 Å². The predicted octanol–water partition coefficient (Wildman–Crippen LogP) is 4.63. The van der Waals surface area contributed by atoms with Crippen LogP contribution < -0.4 is 0 Å². The van der Waals surface area contributed by atoms with E-state index in [4.69, 9.17) is 9.53 Å². The van der Waals surface area contributed by atoms with Gasteiger partial charge in [-0.25, -0.2) is 0 Å². The van der Waals surface area contributed by atoms with Crippen LogP contribution in [-0.4, -0.2) is 31.4 Å². The fourth-order valence-corrected chi connectivity index (χ4v) is 6.95. The zero-order valence-electron chi connectivity index (χ0n) is 18.4. The highest BCUT2D eigenvalue weighted by Crippen LogP contribution is 2.65. The zero-order chi connectivity index (χ0) is 21.2. The highest BCUT2D eigenvalue weighted by Gasteiger charge is 2.59. The first-order chi connectivity index (χ1) is 13.8. The van der Waals surface area contributed by atoms with Crippen molar-refractivity contribution in [3.8, 4) is 0 Å². The third-order valence-electron chi connectivity index (χ3n) is 8.53. The molecule has 4 aliphatic carbocycles. The van der Waals surface area contributed by atoms with E-state index >= 15 is 0 Å². The molecule has 4 aliphatic rings. The second-order valence-electron chi connectivity index (χ2n) is 9.75. The summed E-state index contributed by atoms with van der Waals surface area (Å²) in [5.41, 5.74) is 1.82. The number of ketones is 1. The fourth-order valence-electron chi connectivity index (χ4n) is 6.95. The number of rotatable bonds is 3. The van der Waals surface area contributed by atoms with Gasteiger partial charge in [-0.2, -0.15) is 0 Å². The minimum atomic E-state index is -0.0411. The standard InChI is InChI=1S/C22H32O3.C2H4O2/c1-4-20(24)25-19-8-7-17-16-6-5-14-13-15(23)9-11-21(14,2)18(16)10-12-22(17,19)3;1-4-2-3/h13,16-19H,4-12H2,1-3H3;2H,1H3/t16?,17-,18?,19?,21?,22?;/m0./s1. The van der Waals surface area contributed by atoms with Crippen molar-refractivity contribution < 1.29 is 23.9 Å². The Kier molecular flexibility index (Phi) is 6.54. The van der Waals surface area contributed by atoms with E-state index in [2.05, 4.69) is 18.6 Å². The van der Waals surface area contributed by atoms with E-state index in [0.717, 1.165) is 38.0 Å². The highest BCUT2D eigenvalue weighted by molar-refractivity contribution is 5.91.